The second-order valence-corrected chi connectivity index (χ2v) is 5.14. The molecule has 1 heterocycles. The Bertz CT molecular complexity index is 627. The Morgan fingerprint density at radius 2 is 1.77 bits per heavy atom. The van der Waals surface area contributed by atoms with Crippen LogP contribution in [-0.4, -0.2) is 20.2 Å². The van der Waals surface area contributed by atoms with Crippen molar-refractivity contribution in [1.29, 1.82) is 0 Å². The lowest BCUT2D eigenvalue weighted by Gasteiger charge is -2.06. The zero-order chi connectivity index (χ0) is 17.4. The van der Waals surface area contributed by atoms with Crippen molar-refractivity contribution in [3.63, 3.8) is 0 Å². The fraction of sp³-hybridized carbons (Fsp3) is 0.533. The van der Waals surface area contributed by atoms with Crippen LogP contribution in [0, 0.1) is 6.92 Å². The molecule has 0 radical (unpaired) electrons. The summed E-state index contributed by atoms with van der Waals surface area (Å²) in [5.74, 6) is 0.229. The van der Waals surface area contributed by atoms with Crippen molar-refractivity contribution < 1.29 is 13.0 Å². The smallest absolute Gasteiger partial charge is 0.264 e. The maximum absolute atomic E-state index is 13.0. The first-order chi connectivity index (χ1) is 10.4. The number of anilines is 1. The fourth-order valence-corrected chi connectivity index (χ4v) is 2.43. The summed E-state index contributed by atoms with van der Waals surface area (Å²) in [6.45, 7) is 9.83. The Morgan fingerprint density at radius 3 is 2.23 bits per heavy atom. The first-order valence-electron chi connectivity index (χ1n) is 7.26. The highest BCUT2D eigenvalue weighted by Gasteiger charge is 2.20. The van der Waals surface area contributed by atoms with Gasteiger partial charge in [0.1, 0.15) is 11.0 Å². The number of alkyl halides is 2. The van der Waals surface area contributed by atoms with Gasteiger partial charge in [0.2, 0.25) is 0 Å². The number of benzene rings is 1. The minimum absolute atomic E-state index is 0.100. The normalized spacial score (nSPS) is 11.4. The van der Waals surface area contributed by atoms with Crippen LogP contribution in [0.4, 0.5) is 14.6 Å². The molecule has 0 fully saturated rings. The molecular formula is C15H25F2N3OS. The highest BCUT2D eigenvalue weighted by Crippen LogP contribution is 2.34. The van der Waals surface area contributed by atoms with Crippen molar-refractivity contribution in [2.24, 2.45) is 7.05 Å². The molecule has 1 aromatic heterocycles. The third kappa shape index (κ3) is 4.50. The Morgan fingerprint density at radius 1 is 1.23 bits per heavy atom. The fourth-order valence-electron chi connectivity index (χ4n) is 2.02. The summed E-state index contributed by atoms with van der Waals surface area (Å²) >= 11 is 0. The van der Waals surface area contributed by atoms with Crippen molar-refractivity contribution >= 4 is 27.7 Å². The number of hydrogen-bond donors (Lipinski definition) is 1. The van der Waals surface area contributed by atoms with Gasteiger partial charge in [-0.25, -0.2) is 13.0 Å². The maximum atomic E-state index is 13.0. The molecule has 0 amide bonds. The number of fused-ring (bicyclic) bond motifs is 1. The van der Waals surface area contributed by atoms with E-state index in [1.807, 2.05) is 34.6 Å². The average Bonchev–Trinajstić information content (AvgIpc) is 2.80. The predicted molar refractivity (Wildman–Crippen MR) is 90.8 cm³/mol. The van der Waals surface area contributed by atoms with Gasteiger partial charge in [-0.15, -0.1) is 0 Å². The predicted octanol–water partition coefficient (Wildman–Crippen LogP) is 4.58. The maximum Gasteiger partial charge on any atom is 0.264 e. The van der Waals surface area contributed by atoms with E-state index >= 15 is 0 Å². The van der Waals surface area contributed by atoms with Crippen LogP contribution in [0.2, 0.25) is 0 Å². The summed E-state index contributed by atoms with van der Waals surface area (Å²) in [5.41, 5.74) is 1.37. The third-order valence-electron chi connectivity index (χ3n) is 2.70. The molecule has 1 unspecified atom stereocenters. The molecule has 4 nitrogen and oxygen atoms in total. The summed E-state index contributed by atoms with van der Waals surface area (Å²) in [4.78, 5) is 0. The van der Waals surface area contributed by atoms with Gasteiger partial charge in [-0.3, -0.25) is 9.40 Å². The molecule has 1 aromatic carbocycles. The Labute approximate surface area is 133 Å². The van der Waals surface area contributed by atoms with Crippen LogP contribution < -0.4 is 4.72 Å². The second-order valence-electron chi connectivity index (χ2n) is 4.02. The summed E-state index contributed by atoms with van der Waals surface area (Å²) in [6.07, 6.45) is -1.17. The van der Waals surface area contributed by atoms with E-state index in [2.05, 4.69) is 9.82 Å². The van der Waals surface area contributed by atoms with Gasteiger partial charge in [0, 0.05) is 18.9 Å². The SMILES string of the molecule is CC.CC.Cc1ccc(C(F)F)c2c(NS(C)=O)nn(C)c12. The van der Waals surface area contributed by atoms with Crippen LogP contribution in [-0.2, 0) is 18.0 Å². The zero-order valence-electron chi connectivity index (χ0n) is 14.2. The number of halogens is 2. The van der Waals surface area contributed by atoms with Crippen molar-refractivity contribution in [2.75, 3.05) is 11.0 Å². The topological polar surface area (TPSA) is 46.9 Å². The van der Waals surface area contributed by atoms with Gasteiger partial charge in [-0.05, 0) is 12.5 Å². The molecule has 0 bridgehead atoms. The lowest BCUT2D eigenvalue weighted by atomic mass is 10.1. The van der Waals surface area contributed by atoms with Crippen LogP contribution in [0.25, 0.3) is 10.9 Å². The summed E-state index contributed by atoms with van der Waals surface area (Å²) in [7, 11) is 0.317. The number of hydrogen-bond acceptors (Lipinski definition) is 2. The van der Waals surface area contributed by atoms with E-state index in [-0.39, 0.29) is 11.4 Å². The molecule has 1 N–H and O–H groups in total. The molecule has 0 aliphatic heterocycles. The molecule has 0 spiro atoms. The van der Waals surface area contributed by atoms with Gasteiger partial charge in [0.15, 0.2) is 5.82 Å². The second kappa shape index (κ2) is 9.50. The summed E-state index contributed by atoms with van der Waals surface area (Å²) in [6, 6.07) is 3.02. The molecule has 7 heteroatoms. The highest BCUT2D eigenvalue weighted by molar-refractivity contribution is 7.85. The standard InChI is InChI=1S/C11H13F2N3OS.2C2H6/c1-6-4-5-7(10(12)13)8-9(6)16(2)14-11(8)15-18(3)17;2*1-2/h4-5,10H,1-3H3,(H,14,15);2*1-2H3. The Kier molecular flexibility index (Phi) is 8.86. The van der Waals surface area contributed by atoms with Crippen LogP contribution in [0.5, 0.6) is 0 Å². The first kappa shape index (κ1) is 20.5. The van der Waals surface area contributed by atoms with Gasteiger partial charge in [-0.1, -0.05) is 39.8 Å². The minimum atomic E-state index is -2.59. The van der Waals surface area contributed by atoms with E-state index in [1.54, 1.807) is 13.1 Å². The van der Waals surface area contributed by atoms with Gasteiger partial charge < -0.3 is 0 Å². The van der Waals surface area contributed by atoms with E-state index in [4.69, 9.17) is 0 Å². The molecule has 2 rings (SSSR count). The van der Waals surface area contributed by atoms with E-state index in [0.717, 1.165) is 5.56 Å². The summed E-state index contributed by atoms with van der Waals surface area (Å²) in [5, 5.41) is 4.45. The number of nitrogens with one attached hydrogen (secondary N) is 1. The van der Waals surface area contributed by atoms with Gasteiger partial charge in [0.25, 0.3) is 6.43 Å². The molecule has 2 aromatic rings. The average molecular weight is 333 g/mol. The van der Waals surface area contributed by atoms with Gasteiger partial charge >= 0.3 is 0 Å². The van der Waals surface area contributed by atoms with Gasteiger partial charge in [-0.2, -0.15) is 5.10 Å². The monoisotopic (exact) mass is 333 g/mol. The molecule has 22 heavy (non-hydrogen) atoms. The number of aromatic nitrogens is 2. The van der Waals surface area contributed by atoms with E-state index in [9.17, 15) is 13.0 Å². The lowest BCUT2D eigenvalue weighted by molar-refractivity contribution is 0.153. The molecule has 0 saturated carbocycles. The van der Waals surface area contributed by atoms with Crippen LogP contribution in [0.3, 0.4) is 0 Å². The van der Waals surface area contributed by atoms with Crippen molar-refractivity contribution in [2.45, 2.75) is 41.0 Å². The largest absolute Gasteiger partial charge is 0.288 e. The number of aryl methyl sites for hydroxylation is 2. The van der Waals surface area contributed by atoms with Crippen molar-refractivity contribution in [3.8, 4) is 0 Å². The van der Waals surface area contributed by atoms with Crippen LogP contribution >= 0.6 is 0 Å². The molecule has 0 aliphatic rings. The minimum Gasteiger partial charge on any atom is -0.288 e. The zero-order valence-corrected chi connectivity index (χ0v) is 15.0. The van der Waals surface area contributed by atoms with E-state index < -0.39 is 17.4 Å². The van der Waals surface area contributed by atoms with E-state index in [0.29, 0.717) is 10.9 Å². The van der Waals surface area contributed by atoms with Crippen molar-refractivity contribution in [3.05, 3.63) is 23.3 Å². The molecule has 0 saturated heterocycles. The highest BCUT2D eigenvalue weighted by atomic mass is 32.2. The molecule has 126 valence electrons. The first-order valence-corrected chi connectivity index (χ1v) is 8.82. The van der Waals surface area contributed by atoms with Gasteiger partial charge in [0.05, 0.1) is 10.9 Å². The Balaban J connectivity index is 0.00000102. The quantitative estimate of drug-likeness (QED) is 0.894. The molecule has 1 atom stereocenters. The van der Waals surface area contributed by atoms with E-state index in [1.165, 1.54) is 17.0 Å². The third-order valence-corrected chi connectivity index (χ3v) is 3.18. The summed E-state index contributed by atoms with van der Waals surface area (Å²) < 4.78 is 41.3. The number of rotatable bonds is 3. The van der Waals surface area contributed by atoms with Crippen LogP contribution in [0.1, 0.15) is 45.2 Å². The molecular weight excluding hydrogens is 308 g/mol. The molecule has 0 aliphatic carbocycles. The van der Waals surface area contributed by atoms with Crippen molar-refractivity contribution in [1.82, 2.24) is 9.78 Å². The lowest BCUT2D eigenvalue weighted by Crippen LogP contribution is -2.03. The Hall–Kier alpha value is -1.50. The number of nitrogens with zero attached hydrogens (tertiary/aromatic N) is 2. The van der Waals surface area contributed by atoms with Crippen LogP contribution in [0.15, 0.2) is 12.1 Å².